The van der Waals surface area contributed by atoms with Gasteiger partial charge in [-0.05, 0) is 30.7 Å². The van der Waals surface area contributed by atoms with Gasteiger partial charge >= 0.3 is 0 Å². The number of hydrogen-bond acceptors (Lipinski definition) is 3. The lowest BCUT2D eigenvalue weighted by Gasteiger charge is -2.23. The van der Waals surface area contributed by atoms with Crippen LogP contribution in [0.15, 0.2) is 42.7 Å². The number of ether oxygens (including phenoxy) is 1. The van der Waals surface area contributed by atoms with Crippen molar-refractivity contribution in [1.82, 2.24) is 4.98 Å². The molecule has 0 aliphatic carbocycles. The Kier molecular flexibility index (Phi) is 4.17. The van der Waals surface area contributed by atoms with Gasteiger partial charge < -0.3 is 10.5 Å². The van der Waals surface area contributed by atoms with Gasteiger partial charge in [-0.2, -0.15) is 0 Å². The molecular formula is C16H20N2O. The van der Waals surface area contributed by atoms with Crippen molar-refractivity contribution in [1.29, 1.82) is 0 Å². The Morgan fingerprint density at radius 2 is 1.84 bits per heavy atom. The minimum absolute atomic E-state index is 0.0998. The molecule has 0 fully saturated rings. The van der Waals surface area contributed by atoms with Crippen molar-refractivity contribution in [2.24, 2.45) is 5.73 Å². The van der Waals surface area contributed by atoms with Crippen LogP contribution in [-0.2, 0) is 0 Å². The third kappa shape index (κ3) is 2.93. The van der Waals surface area contributed by atoms with E-state index in [-0.39, 0.29) is 12.0 Å². The summed E-state index contributed by atoms with van der Waals surface area (Å²) in [6.45, 7) is 4.19. The standard InChI is InChI=1S/C16H20N2O/c1-11-4-5-15(19-3)14(10-11)16(17)12(2)13-6-8-18-9-7-13/h4-10,12,16H,17H2,1-3H3. The Morgan fingerprint density at radius 1 is 1.16 bits per heavy atom. The zero-order valence-electron chi connectivity index (χ0n) is 11.6. The Morgan fingerprint density at radius 3 is 2.47 bits per heavy atom. The van der Waals surface area contributed by atoms with E-state index in [4.69, 9.17) is 10.5 Å². The molecule has 3 heteroatoms. The highest BCUT2D eigenvalue weighted by Crippen LogP contribution is 2.34. The topological polar surface area (TPSA) is 48.1 Å². The highest BCUT2D eigenvalue weighted by atomic mass is 16.5. The van der Waals surface area contributed by atoms with Crippen LogP contribution in [0.25, 0.3) is 0 Å². The van der Waals surface area contributed by atoms with Crippen LogP contribution in [0.2, 0.25) is 0 Å². The van der Waals surface area contributed by atoms with Crippen LogP contribution < -0.4 is 10.5 Å². The van der Waals surface area contributed by atoms with Gasteiger partial charge in [0, 0.05) is 29.9 Å². The molecule has 19 heavy (non-hydrogen) atoms. The van der Waals surface area contributed by atoms with E-state index < -0.39 is 0 Å². The van der Waals surface area contributed by atoms with Gasteiger partial charge in [-0.3, -0.25) is 4.98 Å². The Hall–Kier alpha value is -1.87. The molecular weight excluding hydrogens is 236 g/mol. The molecule has 100 valence electrons. The van der Waals surface area contributed by atoms with Crippen molar-refractivity contribution >= 4 is 0 Å². The maximum Gasteiger partial charge on any atom is 0.123 e. The van der Waals surface area contributed by atoms with Crippen LogP contribution in [0.1, 0.15) is 35.6 Å². The van der Waals surface area contributed by atoms with Gasteiger partial charge in [-0.15, -0.1) is 0 Å². The number of nitrogens with zero attached hydrogens (tertiary/aromatic N) is 1. The van der Waals surface area contributed by atoms with E-state index in [1.807, 2.05) is 24.3 Å². The summed E-state index contributed by atoms with van der Waals surface area (Å²) in [5, 5.41) is 0. The van der Waals surface area contributed by atoms with E-state index in [2.05, 4.69) is 24.9 Å². The highest BCUT2D eigenvalue weighted by molar-refractivity contribution is 5.40. The van der Waals surface area contributed by atoms with Gasteiger partial charge in [0.25, 0.3) is 0 Å². The molecule has 2 atom stereocenters. The largest absolute Gasteiger partial charge is 0.496 e. The first-order chi connectivity index (χ1) is 9.13. The quantitative estimate of drug-likeness (QED) is 0.913. The number of methoxy groups -OCH3 is 1. The van der Waals surface area contributed by atoms with Crippen molar-refractivity contribution in [2.45, 2.75) is 25.8 Å². The molecule has 0 saturated carbocycles. The summed E-state index contributed by atoms with van der Waals surface area (Å²) in [5.74, 6) is 1.05. The molecule has 0 bridgehead atoms. The number of rotatable bonds is 4. The van der Waals surface area contributed by atoms with Crippen molar-refractivity contribution in [2.75, 3.05) is 7.11 Å². The first-order valence-corrected chi connectivity index (χ1v) is 6.43. The van der Waals surface area contributed by atoms with Gasteiger partial charge in [-0.1, -0.05) is 24.6 Å². The summed E-state index contributed by atoms with van der Waals surface area (Å²) in [4.78, 5) is 4.04. The zero-order chi connectivity index (χ0) is 13.8. The van der Waals surface area contributed by atoms with Crippen LogP contribution >= 0.6 is 0 Å². The van der Waals surface area contributed by atoms with Crippen LogP contribution in [0, 0.1) is 6.92 Å². The van der Waals surface area contributed by atoms with E-state index in [9.17, 15) is 0 Å². The summed E-state index contributed by atoms with van der Waals surface area (Å²) in [6.07, 6.45) is 3.60. The average Bonchev–Trinajstić information content (AvgIpc) is 2.46. The normalized spacial score (nSPS) is 13.9. The fourth-order valence-electron chi connectivity index (χ4n) is 2.26. The summed E-state index contributed by atoms with van der Waals surface area (Å²) >= 11 is 0. The average molecular weight is 256 g/mol. The fraction of sp³-hybridized carbons (Fsp3) is 0.312. The summed E-state index contributed by atoms with van der Waals surface area (Å²) in [5.41, 5.74) is 9.84. The van der Waals surface area contributed by atoms with Gasteiger partial charge in [0.2, 0.25) is 0 Å². The maximum absolute atomic E-state index is 6.42. The lowest BCUT2D eigenvalue weighted by molar-refractivity contribution is 0.402. The van der Waals surface area contributed by atoms with Crippen LogP contribution in [0.3, 0.4) is 0 Å². The molecule has 3 nitrogen and oxygen atoms in total. The van der Waals surface area contributed by atoms with Crippen LogP contribution in [-0.4, -0.2) is 12.1 Å². The van der Waals surface area contributed by atoms with Gasteiger partial charge in [0.1, 0.15) is 5.75 Å². The molecule has 0 spiro atoms. The molecule has 0 saturated heterocycles. The smallest absolute Gasteiger partial charge is 0.123 e. The second kappa shape index (κ2) is 5.85. The Labute approximate surface area is 114 Å². The molecule has 2 aromatic rings. The first kappa shape index (κ1) is 13.6. The molecule has 1 heterocycles. The third-order valence-electron chi connectivity index (χ3n) is 3.51. The molecule has 2 unspecified atom stereocenters. The first-order valence-electron chi connectivity index (χ1n) is 6.43. The lowest BCUT2D eigenvalue weighted by atomic mass is 9.88. The molecule has 1 aromatic carbocycles. The number of aryl methyl sites for hydroxylation is 1. The fourth-order valence-corrected chi connectivity index (χ4v) is 2.26. The SMILES string of the molecule is COc1ccc(C)cc1C(N)C(C)c1ccncc1. The van der Waals surface area contributed by atoms with Crippen molar-refractivity contribution in [3.05, 3.63) is 59.4 Å². The molecule has 2 rings (SSSR count). The summed E-state index contributed by atoms with van der Waals surface area (Å²) < 4.78 is 5.42. The van der Waals surface area contributed by atoms with Gasteiger partial charge in [0.15, 0.2) is 0 Å². The van der Waals surface area contributed by atoms with Gasteiger partial charge in [0.05, 0.1) is 7.11 Å². The number of hydrogen-bond donors (Lipinski definition) is 1. The minimum Gasteiger partial charge on any atom is -0.496 e. The number of benzene rings is 1. The van der Waals surface area contributed by atoms with E-state index in [0.29, 0.717) is 0 Å². The zero-order valence-corrected chi connectivity index (χ0v) is 11.6. The second-order valence-electron chi connectivity index (χ2n) is 4.84. The van der Waals surface area contributed by atoms with E-state index in [0.717, 1.165) is 11.3 Å². The van der Waals surface area contributed by atoms with Crippen LogP contribution in [0.5, 0.6) is 5.75 Å². The molecule has 0 amide bonds. The highest BCUT2D eigenvalue weighted by Gasteiger charge is 2.20. The molecule has 0 aliphatic rings. The number of nitrogens with two attached hydrogens (primary N) is 1. The van der Waals surface area contributed by atoms with Crippen LogP contribution in [0.4, 0.5) is 0 Å². The third-order valence-corrected chi connectivity index (χ3v) is 3.51. The van der Waals surface area contributed by atoms with Gasteiger partial charge in [-0.25, -0.2) is 0 Å². The molecule has 0 radical (unpaired) electrons. The van der Waals surface area contributed by atoms with E-state index >= 15 is 0 Å². The number of aromatic nitrogens is 1. The Balaban J connectivity index is 2.33. The summed E-state index contributed by atoms with van der Waals surface area (Å²) in [7, 11) is 1.68. The minimum atomic E-state index is -0.0998. The predicted octanol–water partition coefficient (Wildman–Crippen LogP) is 3.20. The van der Waals surface area contributed by atoms with E-state index in [1.54, 1.807) is 19.5 Å². The summed E-state index contributed by atoms with van der Waals surface area (Å²) in [6, 6.07) is 10.0. The lowest BCUT2D eigenvalue weighted by Crippen LogP contribution is -2.18. The maximum atomic E-state index is 6.42. The van der Waals surface area contributed by atoms with Crippen molar-refractivity contribution < 1.29 is 4.74 Å². The number of pyridine rings is 1. The molecule has 0 aliphatic heterocycles. The van der Waals surface area contributed by atoms with Crippen molar-refractivity contribution in [3.8, 4) is 5.75 Å². The Bertz CT molecular complexity index is 540. The predicted molar refractivity (Wildman–Crippen MR) is 77.3 cm³/mol. The monoisotopic (exact) mass is 256 g/mol. The second-order valence-corrected chi connectivity index (χ2v) is 4.84. The molecule has 1 aromatic heterocycles. The molecule has 2 N–H and O–H groups in total. The van der Waals surface area contributed by atoms with E-state index in [1.165, 1.54) is 11.1 Å². The van der Waals surface area contributed by atoms with Crippen molar-refractivity contribution in [3.63, 3.8) is 0 Å².